The zero-order valence-electron chi connectivity index (χ0n) is 10.3. The number of rotatable bonds is 5. The van der Waals surface area contributed by atoms with Gasteiger partial charge in [-0.25, -0.2) is 4.79 Å². The van der Waals surface area contributed by atoms with Crippen molar-refractivity contribution in [3.8, 4) is 0 Å². The Hall–Kier alpha value is -1.84. The van der Waals surface area contributed by atoms with Crippen LogP contribution >= 0.6 is 0 Å². The van der Waals surface area contributed by atoms with E-state index in [-0.39, 0.29) is 24.0 Å². The summed E-state index contributed by atoms with van der Waals surface area (Å²) in [5.74, 6) is -0.588. The van der Waals surface area contributed by atoms with E-state index in [0.29, 0.717) is 12.0 Å². The van der Waals surface area contributed by atoms with Gasteiger partial charge in [0.1, 0.15) is 0 Å². The maximum Gasteiger partial charge on any atom is 0.338 e. The summed E-state index contributed by atoms with van der Waals surface area (Å²) in [6.07, 6.45) is 2.14. The molecule has 0 saturated heterocycles. The molecule has 1 aromatic carbocycles. The number of hydrogen-bond acceptors (Lipinski definition) is 4. The van der Waals surface area contributed by atoms with Gasteiger partial charge < -0.3 is 9.47 Å². The molecule has 0 amide bonds. The Morgan fingerprint density at radius 1 is 1.22 bits per heavy atom. The van der Waals surface area contributed by atoms with Gasteiger partial charge in [-0.15, -0.1) is 0 Å². The van der Waals surface area contributed by atoms with Crippen LogP contribution in [0.15, 0.2) is 30.3 Å². The molecule has 1 fully saturated rings. The highest BCUT2D eigenvalue weighted by molar-refractivity contribution is 5.89. The van der Waals surface area contributed by atoms with Gasteiger partial charge in [-0.05, 0) is 25.0 Å². The van der Waals surface area contributed by atoms with E-state index >= 15 is 0 Å². The van der Waals surface area contributed by atoms with E-state index in [2.05, 4.69) is 4.74 Å². The highest BCUT2D eigenvalue weighted by Crippen LogP contribution is 2.49. The predicted molar refractivity (Wildman–Crippen MR) is 65.0 cm³/mol. The Morgan fingerprint density at radius 2 is 1.89 bits per heavy atom. The fraction of sp³-hybridized carbons (Fsp3) is 0.429. The number of benzene rings is 1. The summed E-state index contributed by atoms with van der Waals surface area (Å²) in [4.78, 5) is 23.0. The van der Waals surface area contributed by atoms with Crippen molar-refractivity contribution in [1.82, 2.24) is 0 Å². The first-order valence-electron chi connectivity index (χ1n) is 5.94. The number of carbonyl (C=O) groups excluding carboxylic acids is 2. The average Bonchev–Trinajstić information content (AvgIpc) is 3.17. The van der Waals surface area contributed by atoms with Gasteiger partial charge in [0.2, 0.25) is 0 Å². The van der Waals surface area contributed by atoms with Gasteiger partial charge in [0.25, 0.3) is 0 Å². The van der Waals surface area contributed by atoms with Crippen LogP contribution in [0, 0.1) is 5.41 Å². The summed E-state index contributed by atoms with van der Waals surface area (Å²) in [7, 11) is 1.37. The highest BCUT2D eigenvalue weighted by Gasteiger charge is 2.46. The molecule has 0 spiro atoms. The first kappa shape index (κ1) is 12.6. The number of methoxy groups -OCH3 is 1. The van der Waals surface area contributed by atoms with Crippen LogP contribution < -0.4 is 0 Å². The van der Waals surface area contributed by atoms with Crippen molar-refractivity contribution in [1.29, 1.82) is 0 Å². The predicted octanol–water partition coefficient (Wildman–Crippen LogP) is 2.19. The summed E-state index contributed by atoms with van der Waals surface area (Å²) in [6, 6.07) is 8.84. The number of ether oxygens (including phenoxy) is 2. The standard InChI is InChI=1S/C14H16O4/c1-17-12(15)9-14(7-8-14)10-18-13(16)11-5-3-2-4-6-11/h2-6H,7-10H2,1H3. The summed E-state index contributed by atoms with van der Waals surface area (Å²) >= 11 is 0. The van der Waals surface area contributed by atoms with Crippen LogP contribution in [-0.2, 0) is 14.3 Å². The lowest BCUT2D eigenvalue weighted by Gasteiger charge is -2.13. The van der Waals surface area contributed by atoms with Crippen LogP contribution in [-0.4, -0.2) is 25.7 Å². The van der Waals surface area contributed by atoms with Crippen LogP contribution in [0.5, 0.6) is 0 Å². The Kier molecular flexibility index (Phi) is 3.65. The van der Waals surface area contributed by atoms with Crippen molar-refractivity contribution in [2.24, 2.45) is 5.41 Å². The van der Waals surface area contributed by atoms with Gasteiger partial charge in [-0.3, -0.25) is 4.79 Å². The normalized spacial score (nSPS) is 15.8. The average molecular weight is 248 g/mol. The summed E-state index contributed by atoms with van der Waals surface area (Å²) in [5.41, 5.74) is 0.351. The minimum atomic E-state index is -0.341. The van der Waals surface area contributed by atoms with Gasteiger partial charge >= 0.3 is 11.9 Å². The van der Waals surface area contributed by atoms with Gasteiger partial charge in [0, 0.05) is 5.41 Å². The quantitative estimate of drug-likeness (QED) is 0.749. The third-order valence-electron chi connectivity index (χ3n) is 3.22. The molecule has 0 aromatic heterocycles. The fourth-order valence-corrected chi connectivity index (χ4v) is 1.80. The smallest absolute Gasteiger partial charge is 0.338 e. The van der Waals surface area contributed by atoms with Crippen molar-refractivity contribution in [3.63, 3.8) is 0 Å². The van der Waals surface area contributed by atoms with Gasteiger partial charge in [-0.2, -0.15) is 0 Å². The molecule has 96 valence electrons. The third kappa shape index (κ3) is 3.09. The van der Waals surface area contributed by atoms with E-state index in [0.717, 1.165) is 12.8 Å². The lowest BCUT2D eigenvalue weighted by molar-refractivity contribution is -0.142. The van der Waals surface area contributed by atoms with Crippen molar-refractivity contribution < 1.29 is 19.1 Å². The van der Waals surface area contributed by atoms with Crippen LogP contribution in [0.3, 0.4) is 0 Å². The number of carbonyl (C=O) groups is 2. The molecular weight excluding hydrogens is 232 g/mol. The molecule has 1 saturated carbocycles. The molecule has 4 nitrogen and oxygen atoms in total. The van der Waals surface area contributed by atoms with Gasteiger partial charge in [0.05, 0.1) is 25.7 Å². The zero-order chi connectivity index (χ0) is 13.0. The SMILES string of the molecule is COC(=O)CC1(COC(=O)c2ccccc2)CC1. The molecule has 0 N–H and O–H groups in total. The Labute approximate surface area is 106 Å². The molecule has 1 aromatic rings. The van der Waals surface area contributed by atoms with Crippen molar-refractivity contribution in [2.75, 3.05) is 13.7 Å². The lowest BCUT2D eigenvalue weighted by Crippen LogP contribution is -2.19. The molecule has 0 bridgehead atoms. The second-order valence-electron chi connectivity index (χ2n) is 4.70. The second-order valence-corrected chi connectivity index (χ2v) is 4.70. The fourth-order valence-electron chi connectivity index (χ4n) is 1.80. The van der Waals surface area contributed by atoms with E-state index in [1.807, 2.05) is 6.07 Å². The molecule has 0 unspecified atom stereocenters. The largest absolute Gasteiger partial charge is 0.469 e. The Balaban J connectivity index is 1.85. The van der Waals surface area contributed by atoms with Crippen LogP contribution in [0.4, 0.5) is 0 Å². The molecule has 4 heteroatoms. The summed E-state index contributed by atoms with van der Waals surface area (Å²) < 4.78 is 9.89. The van der Waals surface area contributed by atoms with Gasteiger partial charge in [-0.1, -0.05) is 18.2 Å². The molecule has 0 heterocycles. The molecule has 2 rings (SSSR count). The molecule has 0 aliphatic heterocycles. The lowest BCUT2D eigenvalue weighted by atomic mass is 10.0. The monoisotopic (exact) mass is 248 g/mol. The Bertz CT molecular complexity index is 434. The van der Waals surface area contributed by atoms with Crippen LogP contribution in [0.1, 0.15) is 29.6 Å². The summed E-state index contributed by atoms with van der Waals surface area (Å²) in [5, 5.41) is 0. The van der Waals surface area contributed by atoms with Crippen molar-refractivity contribution in [2.45, 2.75) is 19.3 Å². The summed E-state index contributed by atoms with van der Waals surface area (Å²) in [6.45, 7) is 0.288. The van der Waals surface area contributed by atoms with E-state index in [4.69, 9.17) is 4.74 Å². The first-order valence-corrected chi connectivity index (χ1v) is 5.94. The second kappa shape index (κ2) is 5.21. The topological polar surface area (TPSA) is 52.6 Å². The van der Waals surface area contributed by atoms with E-state index in [9.17, 15) is 9.59 Å². The molecule has 1 aliphatic carbocycles. The zero-order valence-corrected chi connectivity index (χ0v) is 10.3. The van der Waals surface area contributed by atoms with Gasteiger partial charge in [0.15, 0.2) is 0 Å². The highest BCUT2D eigenvalue weighted by atomic mass is 16.5. The van der Waals surface area contributed by atoms with E-state index in [1.54, 1.807) is 24.3 Å². The molecule has 1 aliphatic rings. The van der Waals surface area contributed by atoms with Crippen LogP contribution in [0.2, 0.25) is 0 Å². The van der Waals surface area contributed by atoms with E-state index in [1.165, 1.54) is 7.11 Å². The number of esters is 2. The minimum Gasteiger partial charge on any atom is -0.469 e. The minimum absolute atomic E-state index is 0.183. The molecule has 18 heavy (non-hydrogen) atoms. The number of hydrogen-bond donors (Lipinski definition) is 0. The first-order chi connectivity index (χ1) is 8.65. The molecular formula is C14H16O4. The van der Waals surface area contributed by atoms with Crippen molar-refractivity contribution in [3.05, 3.63) is 35.9 Å². The maximum absolute atomic E-state index is 11.7. The van der Waals surface area contributed by atoms with Crippen LogP contribution in [0.25, 0.3) is 0 Å². The van der Waals surface area contributed by atoms with Crippen molar-refractivity contribution >= 4 is 11.9 Å². The van der Waals surface area contributed by atoms with E-state index < -0.39 is 0 Å². The molecule has 0 atom stereocenters. The maximum atomic E-state index is 11.7. The Morgan fingerprint density at radius 3 is 2.44 bits per heavy atom. The molecule has 0 radical (unpaired) electrons. The third-order valence-corrected chi connectivity index (χ3v) is 3.22.